The van der Waals surface area contributed by atoms with Crippen molar-refractivity contribution in [1.29, 1.82) is 5.26 Å². The van der Waals surface area contributed by atoms with Gasteiger partial charge in [-0.05, 0) is 97.9 Å². The van der Waals surface area contributed by atoms with Gasteiger partial charge in [0.2, 0.25) is 17.4 Å². The van der Waals surface area contributed by atoms with Gasteiger partial charge in [-0.2, -0.15) is 14.0 Å². The van der Waals surface area contributed by atoms with Crippen LogP contribution in [-0.4, -0.2) is 0 Å². The van der Waals surface area contributed by atoms with Gasteiger partial charge in [0.15, 0.2) is 34.9 Å². The maximum Gasteiger partial charge on any atom is 0.205 e. The van der Waals surface area contributed by atoms with Crippen LogP contribution in [0.15, 0.2) is 154 Å². The summed E-state index contributed by atoms with van der Waals surface area (Å²) in [6, 6.07) is 34.8. The highest BCUT2D eigenvalue weighted by molar-refractivity contribution is 8.00. The lowest BCUT2D eigenvalue weighted by atomic mass is 10.0. The second kappa shape index (κ2) is 18.2. The number of hydrogen-bond acceptors (Lipinski definition) is 6. The summed E-state index contributed by atoms with van der Waals surface area (Å²) >= 11 is 4.60. The zero-order chi connectivity index (χ0) is 42.7. The van der Waals surface area contributed by atoms with Crippen LogP contribution >= 0.6 is 47.0 Å². The van der Waals surface area contributed by atoms with E-state index in [0.29, 0.717) is 10.5 Å². The highest BCUT2D eigenvalue weighted by atomic mass is 32.2. The SMILES string of the molecule is C#Cc1cccc(Oc2c(F)c(F)c(-c3c(F)c(F)c(Sc4ccc(Sc5ccc(Sc6cccc(Sc7ccc(C)cc7)c6C#N)cc5)cc4)c(F)c3F)c(F)c2F)c1. The monoisotopic (exact) mass is 885 g/mol. The first-order valence-electron chi connectivity index (χ1n) is 17.3. The molecule has 298 valence electrons. The van der Waals surface area contributed by atoms with E-state index < -0.39 is 68.3 Å². The molecule has 7 rings (SSSR count). The van der Waals surface area contributed by atoms with Gasteiger partial charge in [-0.25, -0.2) is 26.3 Å². The second-order valence-corrected chi connectivity index (χ2v) is 17.1. The normalized spacial score (nSPS) is 11.0. The van der Waals surface area contributed by atoms with Crippen molar-refractivity contribution in [1.82, 2.24) is 0 Å². The molecule has 7 aromatic rings. The van der Waals surface area contributed by atoms with Crippen molar-refractivity contribution >= 4 is 47.0 Å². The van der Waals surface area contributed by atoms with E-state index in [1.165, 1.54) is 59.6 Å². The molecule has 0 radical (unpaired) electrons. The van der Waals surface area contributed by atoms with Crippen LogP contribution in [0.1, 0.15) is 16.7 Å². The standard InChI is InChI=1S/C46H23F8NOS4/c1-3-25-6-4-7-26(22-25)56-45-41(51)37(47)35(38(48)42(45)52)36-39(49)43(53)46(44(54)40(36)50)60-31-20-16-28(17-21-31)57-27-14-18-30(19-15-27)59-34-9-5-8-33(32(34)23-55)58-29-12-10-24(2)11-13-29/h1,4-22H,2H3. The van der Waals surface area contributed by atoms with Crippen LogP contribution in [-0.2, 0) is 0 Å². The van der Waals surface area contributed by atoms with E-state index in [4.69, 9.17) is 11.2 Å². The molecule has 60 heavy (non-hydrogen) atoms. The summed E-state index contributed by atoms with van der Waals surface area (Å²) in [5, 5.41) is 10.00. The Hall–Kier alpha value is -5.77. The van der Waals surface area contributed by atoms with E-state index in [9.17, 15) is 5.26 Å². The average Bonchev–Trinajstić information content (AvgIpc) is 3.26. The van der Waals surface area contributed by atoms with E-state index in [1.807, 2.05) is 73.7 Å². The zero-order valence-corrected chi connectivity index (χ0v) is 33.8. The van der Waals surface area contributed by atoms with Gasteiger partial charge in [-0.1, -0.05) is 82.8 Å². The third-order valence-corrected chi connectivity index (χ3v) is 12.8. The third kappa shape index (κ3) is 8.88. The molecule has 0 heterocycles. The molecular weight excluding hydrogens is 863 g/mol. The number of halogens is 8. The van der Waals surface area contributed by atoms with Crippen molar-refractivity contribution < 1.29 is 39.9 Å². The van der Waals surface area contributed by atoms with Gasteiger partial charge in [0.25, 0.3) is 0 Å². The molecule has 0 atom stereocenters. The maximum absolute atomic E-state index is 15.4. The zero-order valence-electron chi connectivity index (χ0n) is 30.6. The molecule has 0 saturated heterocycles. The van der Waals surface area contributed by atoms with Crippen molar-refractivity contribution in [2.45, 2.75) is 46.1 Å². The van der Waals surface area contributed by atoms with E-state index in [0.717, 1.165) is 42.2 Å². The summed E-state index contributed by atoms with van der Waals surface area (Å²) in [5.41, 5.74) is -2.10. The van der Waals surface area contributed by atoms with Gasteiger partial charge in [0.1, 0.15) is 11.8 Å². The number of rotatable bonds is 11. The smallest absolute Gasteiger partial charge is 0.205 e. The fourth-order valence-electron chi connectivity index (χ4n) is 5.67. The van der Waals surface area contributed by atoms with Crippen LogP contribution in [0.4, 0.5) is 35.1 Å². The quantitative estimate of drug-likeness (QED) is 0.0731. The van der Waals surface area contributed by atoms with E-state index in [2.05, 4.69) is 12.0 Å². The Balaban J connectivity index is 1.06. The highest BCUT2D eigenvalue weighted by Crippen LogP contribution is 2.45. The fraction of sp³-hybridized carbons (Fsp3) is 0.0217. The summed E-state index contributed by atoms with van der Waals surface area (Å²) in [5.74, 6) is -17.5. The molecule has 0 fully saturated rings. The van der Waals surface area contributed by atoms with Crippen molar-refractivity contribution in [2.24, 2.45) is 0 Å². The molecule has 0 saturated carbocycles. The number of benzene rings is 7. The van der Waals surface area contributed by atoms with Gasteiger partial charge in [0.05, 0.1) is 21.6 Å². The fourth-order valence-corrected chi connectivity index (χ4v) is 9.27. The molecule has 0 N–H and O–H groups in total. The summed E-state index contributed by atoms with van der Waals surface area (Å²) in [6.07, 6.45) is 5.27. The Morgan fingerprint density at radius 2 is 0.917 bits per heavy atom. The van der Waals surface area contributed by atoms with Gasteiger partial charge in [-0.3, -0.25) is 0 Å². The second-order valence-electron chi connectivity index (χ2n) is 12.6. The first-order chi connectivity index (χ1) is 28.9. The Morgan fingerprint density at radius 3 is 1.38 bits per heavy atom. The Kier molecular flexibility index (Phi) is 12.9. The molecule has 0 unspecified atom stereocenters. The number of terminal acetylenes is 1. The first-order valence-corrected chi connectivity index (χ1v) is 20.6. The molecule has 0 aliphatic rings. The number of nitriles is 1. The number of aryl methyl sites for hydroxylation is 1. The van der Waals surface area contributed by atoms with Gasteiger partial charge in [0, 0.05) is 39.8 Å². The van der Waals surface area contributed by atoms with Gasteiger partial charge < -0.3 is 4.74 Å². The van der Waals surface area contributed by atoms with Crippen LogP contribution in [0.25, 0.3) is 11.1 Å². The van der Waals surface area contributed by atoms with Crippen LogP contribution in [0.2, 0.25) is 0 Å². The van der Waals surface area contributed by atoms with Gasteiger partial charge in [-0.15, -0.1) is 6.42 Å². The Morgan fingerprint density at radius 1 is 0.500 bits per heavy atom. The predicted molar refractivity (Wildman–Crippen MR) is 218 cm³/mol. The summed E-state index contributed by atoms with van der Waals surface area (Å²) in [4.78, 5) is 4.03. The summed E-state index contributed by atoms with van der Waals surface area (Å²) in [6.45, 7) is 2.01. The number of ether oxygens (including phenoxy) is 1. The molecule has 7 aromatic carbocycles. The van der Waals surface area contributed by atoms with E-state index in [1.54, 1.807) is 12.1 Å². The van der Waals surface area contributed by atoms with Crippen LogP contribution in [0.5, 0.6) is 11.5 Å². The maximum atomic E-state index is 15.4. The van der Waals surface area contributed by atoms with Crippen molar-refractivity contribution in [3.05, 3.63) is 178 Å². The highest BCUT2D eigenvalue weighted by Gasteiger charge is 2.35. The number of nitrogens with zero attached hydrogens (tertiary/aromatic N) is 1. The minimum atomic E-state index is -2.36. The van der Waals surface area contributed by atoms with E-state index >= 15 is 35.1 Å². The molecular formula is C46H23F8NOS4. The predicted octanol–water partition coefficient (Wildman–Crippen LogP) is 15.0. The topological polar surface area (TPSA) is 33.0 Å². The lowest BCUT2D eigenvalue weighted by molar-refractivity contribution is 0.366. The van der Waals surface area contributed by atoms with Crippen LogP contribution in [0, 0.1) is 77.1 Å². The third-order valence-electron chi connectivity index (χ3n) is 8.60. The molecule has 0 amide bonds. The van der Waals surface area contributed by atoms with Gasteiger partial charge >= 0.3 is 0 Å². The lowest BCUT2D eigenvalue weighted by Crippen LogP contribution is -2.09. The minimum Gasteiger partial charge on any atom is -0.451 e. The molecule has 2 nitrogen and oxygen atoms in total. The molecule has 0 aliphatic heterocycles. The molecule has 0 aliphatic carbocycles. The minimum absolute atomic E-state index is 0.136. The lowest BCUT2D eigenvalue weighted by Gasteiger charge is -2.16. The molecule has 0 aromatic heterocycles. The van der Waals surface area contributed by atoms with Crippen molar-refractivity contribution in [3.63, 3.8) is 0 Å². The van der Waals surface area contributed by atoms with E-state index in [-0.39, 0.29) is 28.0 Å². The Bertz CT molecular complexity index is 2800. The molecule has 14 heteroatoms. The first kappa shape index (κ1) is 42.4. The Labute approximate surface area is 356 Å². The largest absolute Gasteiger partial charge is 0.451 e. The van der Waals surface area contributed by atoms with Crippen molar-refractivity contribution in [2.75, 3.05) is 0 Å². The number of hydrogen-bond donors (Lipinski definition) is 0. The molecule has 0 spiro atoms. The van der Waals surface area contributed by atoms with Crippen LogP contribution in [0.3, 0.4) is 0 Å². The summed E-state index contributed by atoms with van der Waals surface area (Å²) < 4.78 is 127. The molecule has 0 bridgehead atoms. The van der Waals surface area contributed by atoms with Crippen LogP contribution < -0.4 is 4.74 Å². The summed E-state index contributed by atoms with van der Waals surface area (Å²) in [7, 11) is 0. The van der Waals surface area contributed by atoms with Crippen molar-refractivity contribution in [3.8, 4) is 41.0 Å². The average molecular weight is 886 g/mol.